The Hall–Kier alpha value is -0.870. The quantitative estimate of drug-likeness (QED) is 0.933. The standard InChI is InChI=1S/C16H24O3S/c1-16(2,3)20(18,19)11-10-13-9-8-12-6-4-5-7-14(12)15(13)17/h4-7,13,15,17H,8-11H2,1-3H3. The molecule has 0 spiro atoms. The lowest BCUT2D eigenvalue weighted by atomic mass is 9.80. The maximum absolute atomic E-state index is 12.2. The van der Waals surface area contributed by atoms with Crippen molar-refractivity contribution in [2.75, 3.05) is 5.75 Å². The molecule has 112 valence electrons. The van der Waals surface area contributed by atoms with Crippen LogP contribution in [-0.2, 0) is 16.3 Å². The number of aliphatic hydroxyl groups is 1. The summed E-state index contributed by atoms with van der Waals surface area (Å²) in [7, 11) is -3.11. The number of benzene rings is 1. The fraction of sp³-hybridized carbons (Fsp3) is 0.625. The molecule has 4 heteroatoms. The fourth-order valence-electron chi connectivity index (χ4n) is 2.72. The van der Waals surface area contributed by atoms with E-state index in [1.165, 1.54) is 5.56 Å². The molecule has 1 aromatic rings. The number of sulfone groups is 1. The molecule has 0 amide bonds. The van der Waals surface area contributed by atoms with Crippen LogP contribution in [0, 0.1) is 5.92 Å². The summed E-state index contributed by atoms with van der Waals surface area (Å²) in [5, 5.41) is 10.4. The second kappa shape index (κ2) is 5.49. The molecule has 0 bridgehead atoms. The fourth-order valence-corrected chi connectivity index (χ4v) is 3.94. The van der Waals surface area contributed by atoms with Gasteiger partial charge in [-0.15, -0.1) is 0 Å². The van der Waals surface area contributed by atoms with E-state index in [1.54, 1.807) is 20.8 Å². The van der Waals surface area contributed by atoms with Gasteiger partial charge in [0.1, 0.15) is 0 Å². The Balaban J connectivity index is 2.07. The number of rotatable bonds is 3. The molecule has 0 aromatic heterocycles. The van der Waals surface area contributed by atoms with Gasteiger partial charge in [0, 0.05) is 0 Å². The summed E-state index contributed by atoms with van der Waals surface area (Å²) in [5.41, 5.74) is 2.16. The largest absolute Gasteiger partial charge is 0.388 e. The van der Waals surface area contributed by atoms with Gasteiger partial charge in [-0.25, -0.2) is 8.42 Å². The Kier molecular flexibility index (Phi) is 4.26. The molecule has 0 radical (unpaired) electrons. The first-order valence-corrected chi connectivity index (χ1v) is 8.86. The zero-order chi connectivity index (χ0) is 15.0. The number of hydrogen-bond donors (Lipinski definition) is 1. The molecule has 0 aliphatic heterocycles. The van der Waals surface area contributed by atoms with Crippen LogP contribution < -0.4 is 0 Å². The molecule has 2 rings (SSSR count). The molecule has 0 heterocycles. The van der Waals surface area contributed by atoms with Crippen LogP contribution in [-0.4, -0.2) is 24.0 Å². The van der Waals surface area contributed by atoms with E-state index in [4.69, 9.17) is 0 Å². The topological polar surface area (TPSA) is 54.4 Å². The third-order valence-corrected chi connectivity index (χ3v) is 6.93. The van der Waals surface area contributed by atoms with E-state index >= 15 is 0 Å². The molecule has 1 aliphatic rings. The molecule has 0 saturated heterocycles. The summed E-state index contributed by atoms with van der Waals surface area (Å²) in [4.78, 5) is 0. The van der Waals surface area contributed by atoms with Crippen LogP contribution in [0.3, 0.4) is 0 Å². The van der Waals surface area contributed by atoms with Gasteiger partial charge in [0.15, 0.2) is 9.84 Å². The van der Waals surface area contributed by atoms with Crippen LogP contribution in [0.5, 0.6) is 0 Å². The van der Waals surface area contributed by atoms with E-state index in [2.05, 4.69) is 0 Å². The predicted octanol–water partition coefficient (Wildman–Crippen LogP) is 2.89. The van der Waals surface area contributed by atoms with Crippen molar-refractivity contribution in [1.82, 2.24) is 0 Å². The van der Waals surface area contributed by atoms with Crippen LogP contribution in [0.2, 0.25) is 0 Å². The summed E-state index contributed by atoms with van der Waals surface area (Å²) < 4.78 is 23.6. The van der Waals surface area contributed by atoms with Crippen molar-refractivity contribution in [2.45, 2.75) is 50.9 Å². The van der Waals surface area contributed by atoms with Crippen LogP contribution in [0.15, 0.2) is 24.3 Å². The molecule has 1 aliphatic carbocycles. The maximum atomic E-state index is 12.2. The van der Waals surface area contributed by atoms with Crippen molar-refractivity contribution < 1.29 is 13.5 Å². The van der Waals surface area contributed by atoms with Crippen molar-refractivity contribution in [3.05, 3.63) is 35.4 Å². The second-order valence-corrected chi connectivity index (χ2v) is 9.52. The molecule has 2 unspecified atom stereocenters. The van der Waals surface area contributed by atoms with Gasteiger partial charge in [0.05, 0.1) is 16.6 Å². The van der Waals surface area contributed by atoms with Crippen molar-refractivity contribution in [2.24, 2.45) is 5.92 Å². The Morgan fingerprint density at radius 1 is 1.25 bits per heavy atom. The number of aliphatic hydroxyl groups excluding tert-OH is 1. The summed E-state index contributed by atoms with van der Waals surface area (Å²) in [6.45, 7) is 5.19. The Morgan fingerprint density at radius 2 is 1.90 bits per heavy atom. The number of fused-ring (bicyclic) bond motifs is 1. The Morgan fingerprint density at radius 3 is 2.55 bits per heavy atom. The van der Waals surface area contributed by atoms with E-state index < -0.39 is 20.7 Å². The third kappa shape index (κ3) is 3.07. The second-order valence-electron chi connectivity index (χ2n) is 6.66. The van der Waals surface area contributed by atoms with E-state index in [1.807, 2.05) is 24.3 Å². The van der Waals surface area contributed by atoms with Gasteiger partial charge in [0.2, 0.25) is 0 Å². The van der Waals surface area contributed by atoms with Gasteiger partial charge in [-0.3, -0.25) is 0 Å². The lowest BCUT2D eigenvalue weighted by Gasteiger charge is -2.31. The molecule has 20 heavy (non-hydrogen) atoms. The first-order chi connectivity index (χ1) is 9.22. The molecule has 1 aromatic carbocycles. The molecule has 2 atom stereocenters. The number of hydrogen-bond acceptors (Lipinski definition) is 3. The SMILES string of the molecule is CC(C)(C)S(=O)(=O)CCC1CCc2ccccc2C1O. The van der Waals surface area contributed by atoms with E-state index in [-0.39, 0.29) is 11.7 Å². The highest BCUT2D eigenvalue weighted by Gasteiger charge is 2.32. The molecule has 0 saturated carbocycles. The molecular weight excluding hydrogens is 272 g/mol. The predicted molar refractivity (Wildman–Crippen MR) is 81.4 cm³/mol. The third-order valence-electron chi connectivity index (χ3n) is 4.30. The van der Waals surface area contributed by atoms with Crippen molar-refractivity contribution in [3.8, 4) is 0 Å². The van der Waals surface area contributed by atoms with Gasteiger partial charge in [-0.1, -0.05) is 24.3 Å². The van der Waals surface area contributed by atoms with E-state index in [0.29, 0.717) is 6.42 Å². The molecular formula is C16H24O3S. The normalized spacial score (nSPS) is 23.4. The average molecular weight is 296 g/mol. The van der Waals surface area contributed by atoms with Crippen molar-refractivity contribution >= 4 is 9.84 Å². The summed E-state index contributed by atoms with van der Waals surface area (Å²) in [5.74, 6) is 0.197. The lowest BCUT2D eigenvalue weighted by molar-refractivity contribution is 0.0918. The first kappa shape index (κ1) is 15.5. The van der Waals surface area contributed by atoms with Crippen molar-refractivity contribution in [1.29, 1.82) is 0 Å². The summed E-state index contributed by atoms with van der Waals surface area (Å²) in [6.07, 6.45) is 1.79. The smallest absolute Gasteiger partial charge is 0.155 e. The monoisotopic (exact) mass is 296 g/mol. The molecule has 1 N–H and O–H groups in total. The minimum Gasteiger partial charge on any atom is -0.388 e. The summed E-state index contributed by atoms with van der Waals surface area (Å²) >= 11 is 0. The minimum atomic E-state index is -3.11. The highest BCUT2D eigenvalue weighted by molar-refractivity contribution is 7.92. The summed E-state index contributed by atoms with van der Waals surface area (Å²) in [6, 6.07) is 7.90. The van der Waals surface area contributed by atoms with Gasteiger partial charge < -0.3 is 5.11 Å². The van der Waals surface area contributed by atoms with Crippen molar-refractivity contribution in [3.63, 3.8) is 0 Å². The van der Waals surface area contributed by atoms with E-state index in [9.17, 15) is 13.5 Å². The van der Waals surface area contributed by atoms with Gasteiger partial charge in [-0.05, 0) is 57.1 Å². The molecule has 0 fully saturated rings. The maximum Gasteiger partial charge on any atom is 0.155 e. The number of aryl methyl sites for hydroxylation is 1. The van der Waals surface area contributed by atoms with Crippen LogP contribution in [0.4, 0.5) is 0 Å². The Labute approximate surface area is 121 Å². The average Bonchev–Trinajstić information content (AvgIpc) is 2.37. The highest BCUT2D eigenvalue weighted by Crippen LogP contribution is 2.36. The molecule has 3 nitrogen and oxygen atoms in total. The Bertz CT molecular complexity index is 570. The minimum absolute atomic E-state index is 0.0435. The zero-order valence-electron chi connectivity index (χ0n) is 12.5. The van der Waals surface area contributed by atoms with Gasteiger partial charge in [0.25, 0.3) is 0 Å². The lowest BCUT2D eigenvalue weighted by Crippen LogP contribution is -2.32. The first-order valence-electron chi connectivity index (χ1n) is 7.20. The van der Waals surface area contributed by atoms with Gasteiger partial charge >= 0.3 is 0 Å². The van der Waals surface area contributed by atoms with Gasteiger partial charge in [-0.2, -0.15) is 0 Å². The zero-order valence-corrected chi connectivity index (χ0v) is 13.3. The van der Waals surface area contributed by atoms with Crippen LogP contribution in [0.1, 0.15) is 50.8 Å². The van der Waals surface area contributed by atoms with Crippen LogP contribution in [0.25, 0.3) is 0 Å². The van der Waals surface area contributed by atoms with Crippen LogP contribution >= 0.6 is 0 Å². The van der Waals surface area contributed by atoms with E-state index in [0.717, 1.165) is 18.4 Å². The highest BCUT2D eigenvalue weighted by atomic mass is 32.2.